The van der Waals surface area contributed by atoms with E-state index in [9.17, 15) is 13.8 Å². The zero-order valence-corrected chi connectivity index (χ0v) is 30.6. The molecule has 5 aromatic rings. The van der Waals surface area contributed by atoms with E-state index in [-0.39, 0.29) is 18.4 Å². The number of piperidine rings is 1. The van der Waals surface area contributed by atoms with E-state index in [4.69, 9.17) is 21.3 Å². The number of fused-ring (bicyclic) bond motifs is 3. The normalized spacial score (nSPS) is 14.8. The summed E-state index contributed by atoms with van der Waals surface area (Å²) in [4.78, 5) is 33.5. The molecule has 2 amide bonds. The fourth-order valence-corrected chi connectivity index (χ4v) is 7.56. The lowest BCUT2D eigenvalue weighted by molar-refractivity contribution is -0.131. The second kappa shape index (κ2) is 15.6. The molecule has 10 nitrogen and oxygen atoms in total. The van der Waals surface area contributed by atoms with Crippen LogP contribution in [0.3, 0.4) is 0 Å². The first-order valence-corrected chi connectivity index (χ1v) is 19.2. The van der Waals surface area contributed by atoms with Crippen molar-refractivity contribution in [3.63, 3.8) is 0 Å². The van der Waals surface area contributed by atoms with Gasteiger partial charge in [0.25, 0.3) is 5.91 Å². The van der Waals surface area contributed by atoms with E-state index in [2.05, 4.69) is 27.6 Å². The van der Waals surface area contributed by atoms with E-state index < -0.39 is 10.8 Å². The lowest BCUT2D eigenvalue weighted by Gasteiger charge is -2.32. The first kappa shape index (κ1) is 35.3. The molecule has 0 radical (unpaired) electrons. The molecule has 2 aliphatic heterocycles. The molecule has 0 aliphatic carbocycles. The second-order valence-electron chi connectivity index (χ2n) is 13.1. The number of aromatic nitrogens is 3. The minimum atomic E-state index is -1.08. The Morgan fingerprint density at radius 3 is 2.50 bits per heavy atom. The molecule has 12 heteroatoms. The van der Waals surface area contributed by atoms with Crippen LogP contribution in [-0.2, 0) is 39.9 Å². The van der Waals surface area contributed by atoms with Crippen molar-refractivity contribution in [2.45, 2.75) is 50.1 Å². The zero-order valence-electron chi connectivity index (χ0n) is 29.0. The van der Waals surface area contributed by atoms with Gasteiger partial charge in [0.1, 0.15) is 18.1 Å². The standard InChI is InChI=1S/C40H39ClN6O4S/c1-26-44-45-37-24-43-40(30-9-11-32(41)12-10-30)35-22-33(13-14-36(35)47(26)37)51-25-38(48)42-23-28-6-3-7-31(19-28)29-15-17-46(18-16-29)39(49)21-27-5-4-8-34(20-27)52(2)50/h3-14,19-20,22,29H,15-18,21,23-25H2,1-2H3,(H,42,48). The molecule has 3 heterocycles. The molecule has 2 aliphatic rings. The number of nitrogens with one attached hydrogen (secondary N) is 1. The van der Waals surface area contributed by atoms with E-state index in [1.54, 1.807) is 6.26 Å². The van der Waals surface area contributed by atoms with Crippen LogP contribution in [0.2, 0.25) is 5.02 Å². The molecule has 0 spiro atoms. The van der Waals surface area contributed by atoms with Gasteiger partial charge in [-0.3, -0.25) is 23.4 Å². The number of aliphatic imine (C=N–C) groups is 1. The molecule has 1 fully saturated rings. The summed E-state index contributed by atoms with van der Waals surface area (Å²) in [6, 6.07) is 29.0. The van der Waals surface area contributed by atoms with Gasteiger partial charge in [0.05, 0.1) is 17.8 Å². The predicted octanol–water partition coefficient (Wildman–Crippen LogP) is 5.96. The van der Waals surface area contributed by atoms with Crippen molar-refractivity contribution in [3.05, 3.63) is 135 Å². The average Bonchev–Trinajstić information content (AvgIpc) is 3.44. The van der Waals surface area contributed by atoms with E-state index in [0.717, 1.165) is 63.0 Å². The number of aryl methyl sites for hydroxylation is 1. The van der Waals surface area contributed by atoms with Gasteiger partial charge in [-0.1, -0.05) is 60.1 Å². The summed E-state index contributed by atoms with van der Waals surface area (Å²) in [5, 5.41) is 12.2. The van der Waals surface area contributed by atoms with Gasteiger partial charge in [0.15, 0.2) is 12.4 Å². The van der Waals surface area contributed by atoms with Gasteiger partial charge in [0, 0.05) is 57.7 Å². The van der Waals surface area contributed by atoms with E-state index in [0.29, 0.717) is 49.3 Å². The third-order valence-electron chi connectivity index (χ3n) is 9.57. The number of halogens is 1. The summed E-state index contributed by atoms with van der Waals surface area (Å²) >= 11 is 6.17. The molecule has 4 aromatic carbocycles. The minimum absolute atomic E-state index is 0.0944. The topological polar surface area (TPSA) is 119 Å². The van der Waals surface area contributed by atoms with Crippen LogP contribution >= 0.6 is 11.6 Å². The van der Waals surface area contributed by atoms with Crippen molar-refractivity contribution in [2.24, 2.45) is 4.99 Å². The van der Waals surface area contributed by atoms with Gasteiger partial charge in [-0.05, 0) is 84.8 Å². The lowest BCUT2D eigenvalue weighted by atomic mass is 9.88. The Hall–Kier alpha value is -5.13. The van der Waals surface area contributed by atoms with Crippen LogP contribution in [0.25, 0.3) is 5.69 Å². The Morgan fingerprint density at radius 1 is 0.942 bits per heavy atom. The number of rotatable bonds is 10. The monoisotopic (exact) mass is 734 g/mol. The fraction of sp³-hybridized carbons (Fsp3) is 0.275. The lowest BCUT2D eigenvalue weighted by Crippen LogP contribution is -2.38. The van der Waals surface area contributed by atoms with Crippen LogP contribution in [0.15, 0.2) is 101 Å². The Balaban J connectivity index is 0.941. The molecule has 1 N–H and O–H groups in total. The molecule has 52 heavy (non-hydrogen) atoms. The van der Waals surface area contributed by atoms with E-state index in [1.165, 1.54) is 5.56 Å². The maximum absolute atomic E-state index is 13.0. The Bertz CT molecular complexity index is 2180. The predicted molar refractivity (Wildman–Crippen MR) is 202 cm³/mol. The maximum atomic E-state index is 13.0. The Kier molecular flexibility index (Phi) is 10.6. The molecule has 1 unspecified atom stereocenters. The molecule has 1 saturated heterocycles. The van der Waals surface area contributed by atoms with E-state index in [1.807, 2.05) is 95.3 Å². The molecule has 266 valence electrons. The summed E-state index contributed by atoms with van der Waals surface area (Å²) in [6.07, 6.45) is 3.70. The van der Waals surface area contributed by atoms with Crippen LogP contribution in [0.5, 0.6) is 5.75 Å². The quantitative estimate of drug-likeness (QED) is 0.189. The van der Waals surface area contributed by atoms with Crippen molar-refractivity contribution in [1.29, 1.82) is 0 Å². The largest absolute Gasteiger partial charge is 0.484 e. The number of carbonyl (C=O) groups excluding carboxylic acids is 2. The van der Waals surface area contributed by atoms with Crippen molar-refractivity contribution in [1.82, 2.24) is 25.0 Å². The molecular weight excluding hydrogens is 696 g/mol. The van der Waals surface area contributed by atoms with Crippen LogP contribution < -0.4 is 10.1 Å². The van der Waals surface area contributed by atoms with Crippen LogP contribution in [0.4, 0.5) is 0 Å². The van der Waals surface area contributed by atoms with Crippen molar-refractivity contribution in [2.75, 3.05) is 26.0 Å². The van der Waals surface area contributed by atoms with Gasteiger partial charge in [0.2, 0.25) is 5.91 Å². The van der Waals surface area contributed by atoms with E-state index >= 15 is 0 Å². The van der Waals surface area contributed by atoms with Gasteiger partial charge in [-0.15, -0.1) is 10.2 Å². The first-order valence-electron chi connectivity index (χ1n) is 17.3. The summed E-state index contributed by atoms with van der Waals surface area (Å²) in [5.41, 5.74) is 6.52. The number of nitrogens with zero attached hydrogens (tertiary/aromatic N) is 5. The third-order valence-corrected chi connectivity index (χ3v) is 10.7. The molecule has 7 rings (SSSR count). The molecular formula is C40H39ClN6O4S. The summed E-state index contributed by atoms with van der Waals surface area (Å²) in [6.45, 7) is 3.89. The van der Waals surface area contributed by atoms with Crippen LogP contribution in [-0.4, -0.2) is 67.4 Å². The number of amides is 2. The van der Waals surface area contributed by atoms with Gasteiger partial charge in [-0.25, -0.2) is 0 Å². The average molecular weight is 735 g/mol. The van der Waals surface area contributed by atoms with Gasteiger partial charge in [-0.2, -0.15) is 0 Å². The second-order valence-corrected chi connectivity index (χ2v) is 14.9. The maximum Gasteiger partial charge on any atom is 0.258 e. The first-order chi connectivity index (χ1) is 25.2. The van der Waals surface area contributed by atoms with Crippen LogP contribution in [0, 0.1) is 6.92 Å². The van der Waals surface area contributed by atoms with Crippen molar-refractivity contribution in [3.8, 4) is 11.4 Å². The fourth-order valence-electron chi connectivity index (χ4n) is 6.84. The SMILES string of the molecule is Cc1nnc2n1-c1ccc(OCC(=O)NCc3cccc(C4CCN(C(=O)Cc5cccc(S(C)=O)c5)CC4)c3)cc1C(c1ccc(Cl)cc1)=NC2. The van der Waals surface area contributed by atoms with Gasteiger partial charge >= 0.3 is 0 Å². The molecule has 0 bridgehead atoms. The van der Waals surface area contributed by atoms with Crippen molar-refractivity contribution < 1.29 is 18.5 Å². The zero-order chi connectivity index (χ0) is 36.2. The highest BCUT2D eigenvalue weighted by Crippen LogP contribution is 2.31. The highest BCUT2D eigenvalue weighted by Gasteiger charge is 2.25. The number of hydrogen-bond donors (Lipinski definition) is 1. The summed E-state index contributed by atoms with van der Waals surface area (Å²) in [7, 11) is -1.08. The molecule has 1 atom stereocenters. The number of benzene rings is 4. The molecule has 1 aromatic heterocycles. The number of hydrogen-bond acceptors (Lipinski definition) is 7. The Labute approximate surface area is 310 Å². The number of likely N-dealkylation sites (tertiary alicyclic amines) is 1. The van der Waals surface area contributed by atoms with Crippen LogP contribution in [0.1, 0.15) is 58.2 Å². The number of carbonyl (C=O) groups is 2. The Morgan fingerprint density at radius 2 is 1.71 bits per heavy atom. The number of ether oxygens (including phenoxy) is 1. The summed E-state index contributed by atoms with van der Waals surface area (Å²) < 4.78 is 19.8. The van der Waals surface area contributed by atoms with Gasteiger partial charge < -0.3 is 15.0 Å². The molecule has 0 saturated carbocycles. The highest BCUT2D eigenvalue weighted by molar-refractivity contribution is 7.84. The third kappa shape index (κ3) is 8.00. The highest BCUT2D eigenvalue weighted by atomic mass is 35.5. The van der Waals surface area contributed by atoms with Crippen molar-refractivity contribution >= 4 is 39.9 Å². The minimum Gasteiger partial charge on any atom is -0.484 e. The summed E-state index contributed by atoms with van der Waals surface area (Å²) in [5.74, 6) is 2.24. The smallest absolute Gasteiger partial charge is 0.258 e.